The Hall–Kier alpha value is -2.21. The minimum Gasteiger partial charge on any atom is -0.481 e. The van der Waals surface area contributed by atoms with Crippen molar-refractivity contribution in [3.8, 4) is 5.69 Å². The zero-order valence-corrected chi connectivity index (χ0v) is 9.91. The van der Waals surface area contributed by atoms with Gasteiger partial charge in [-0.1, -0.05) is 23.4 Å². The van der Waals surface area contributed by atoms with Gasteiger partial charge in [0.25, 0.3) is 0 Å². The fourth-order valence-corrected chi connectivity index (χ4v) is 1.73. The molecular weight excluding hydrogens is 234 g/mol. The van der Waals surface area contributed by atoms with Crippen molar-refractivity contribution in [1.29, 1.82) is 0 Å². The van der Waals surface area contributed by atoms with Crippen molar-refractivity contribution in [3.05, 3.63) is 41.7 Å². The zero-order valence-electron chi connectivity index (χ0n) is 9.91. The van der Waals surface area contributed by atoms with E-state index >= 15 is 0 Å². The molecule has 0 radical (unpaired) electrons. The summed E-state index contributed by atoms with van der Waals surface area (Å²) in [6.45, 7) is 0.433. The molecule has 1 aromatic carbocycles. The van der Waals surface area contributed by atoms with Crippen LogP contribution in [0.4, 0.5) is 0 Å². The average Bonchev–Trinajstić information content (AvgIpc) is 2.77. The van der Waals surface area contributed by atoms with E-state index in [0.717, 1.165) is 11.3 Å². The molecule has 0 fully saturated rings. The van der Waals surface area contributed by atoms with Gasteiger partial charge in [0, 0.05) is 12.7 Å². The van der Waals surface area contributed by atoms with Crippen molar-refractivity contribution >= 4 is 5.97 Å². The molecule has 0 aliphatic carbocycles. The molecule has 6 nitrogen and oxygen atoms in total. The number of benzene rings is 1. The van der Waals surface area contributed by atoms with Gasteiger partial charge in [0.1, 0.15) is 0 Å². The number of rotatable bonds is 5. The summed E-state index contributed by atoms with van der Waals surface area (Å²) in [4.78, 5) is 10.8. The second kappa shape index (κ2) is 5.42. The number of para-hydroxylation sites is 1. The van der Waals surface area contributed by atoms with Gasteiger partial charge >= 0.3 is 5.97 Å². The van der Waals surface area contributed by atoms with Gasteiger partial charge in [-0.05, 0) is 6.07 Å². The molecule has 0 atom stereocenters. The highest BCUT2D eigenvalue weighted by atomic mass is 16.5. The molecule has 1 aromatic heterocycles. The molecule has 1 heterocycles. The first-order chi connectivity index (χ1) is 8.72. The summed E-state index contributed by atoms with van der Waals surface area (Å²) in [6.07, 6.45) is 1.34. The molecule has 0 saturated heterocycles. The monoisotopic (exact) mass is 247 g/mol. The summed E-state index contributed by atoms with van der Waals surface area (Å²) in [5, 5.41) is 16.5. The van der Waals surface area contributed by atoms with E-state index in [4.69, 9.17) is 9.84 Å². The van der Waals surface area contributed by atoms with Crippen LogP contribution < -0.4 is 0 Å². The van der Waals surface area contributed by atoms with Crippen LogP contribution in [0.15, 0.2) is 30.5 Å². The van der Waals surface area contributed by atoms with Crippen LogP contribution in [-0.4, -0.2) is 33.2 Å². The zero-order chi connectivity index (χ0) is 13.0. The Morgan fingerprint density at radius 3 is 2.94 bits per heavy atom. The number of carboxylic acids is 1. The number of methoxy groups -OCH3 is 1. The van der Waals surface area contributed by atoms with Crippen molar-refractivity contribution in [1.82, 2.24) is 15.0 Å². The number of carboxylic acid groups (broad SMARTS) is 1. The van der Waals surface area contributed by atoms with Gasteiger partial charge < -0.3 is 9.84 Å². The van der Waals surface area contributed by atoms with Crippen LogP contribution in [0.3, 0.4) is 0 Å². The molecule has 1 N–H and O–H groups in total. The lowest BCUT2D eigenvalue weighted by Crippen LogP contribution is -2.10. The minimum atomic E-state index is -0.914. The fourth-order valence-electron chi connectivity index (χ4n) is 1.73. The number of aliphatic carboxylic acids is 1. The quantitative estimate of drug-likeness (QED) is 0.854. The van der Waals surface area contributed by atoms with Crippen LogP contribution in [0, 0.1) is 0 Å². The third kappa shape index (κ3) is 2.54. The maximum atomic E-state index is 10.8. The third-order valence-corrected chi connectivity index (χ3v) is 2.47. The van der Waals surface area contributed by atoms with Gasteiger partial charge in [0.05, 0.1) is 30.6 Å². The summed E-state index contributed by atoms with van der Waals surface area (Å²) in [7, 11) is 1.61. The molecular formula is C12H13N3O3. The minimum absolute atomic E-state index is 0.117. The summed E-state index contributed by atoms with van der Waals surface area (Å²) in [5.74, 6) is -0.914. The first-order valence-electron chi connectivity index (χ1n) is 5.41. The van der Waals surface area contributed by atoms with Crippen LogP contribution in [0.5, 0.6) is 0 Å². The molecule has 18 heavy (non-hydrogen) atoms. The molecule has 0 aliphatic rings. The van der Waals surface area contributed by atoms with E-state index in [0.29, 0.717) is 12.3 Å². The highest BCUT2D eigenvalue weighted by Gasteiger charge is 2.12. The molecule has 0 bridgehead atoms. The summed E-state index contributed by atoms with van der Waals surface area (Å²) < 4.78 is 6.64. The highest BCUT2D eigenvalue weighted by molar-refractivity contribution is 5.69. The smallest absolute Gasteiger partial charge is 0.309 e. The standard InChI is InChI=1S/C12H13N3O3/c1-18-8-9-4-2-3-5-11(9)15-10(6-12(16)17)7-13-14-15/h2-5,7H,6,8H2,1H3,(H,16,17). The summed E-state index contributed by atoms with van der Waals surface area (Å²) >= 11 is 0. The predicted octanol–water partition coefficient (Wildman–Crippen LogP) is 1.04. The molecule has 2 rings (SSSR count). The Morgan fingerprint density at radius 1 is 1.44 bits per heavy atom. The van der Waals surface area contributed by atoms with E-state index in [9.17, 15) is 4.79 Å². The van der Waals surface area contributed by atoms with Crippen LogP contribution in [0.1, 0.15) is 11.3 Å². The number of nitrogens with zero attached hydrogens (tertiary/aromatic N) is 3. The Bertz CT molecular complexity index is 551. The van der Waals surface area contributed by atoms with Crippen molar-refractivity contribution in [2.45, 2.75) is 13.0 Å². The predicted molar refractivity (Wildman–Crippen MR) is 63.4 cm³/mol. The molecule has 0 unspecified atom stereocenters. The molecule has 0 saturated carbocycles. The Morgan fingerprint density at radius 2 is 2.22 bits per heavy atom. The molecule has 94 valence electrons. The van der Waals surface area contributed by atoms with Crippen molar-refractivity contribution in [3.63, 3.8) is 0 Å². The number of ether oxygens (including phenoxy) is 1. The number of hydrogen-bond acceptors (Lipinski definition) is 4. The van der Waals surface area contributed by atoms with E-state index in [1.807, 2.05) is 24.3 Å². The van der Waals surface area contributed by atoms with Crippen LogP contribution >= 0.6 is 0 Å². The number of carbonyl (C=O) groups is 1. The second-order valence-corrected chi connectivity index (χ2v) is 3.77. The Balaban J connectivity index is 2.42. The van der Waals surface area contributed by atoms with Gasteiger partial charge in [-0.3, -0.25) is 4.79 Å². The largest absolute Gasteiger partial charge is 0.481 e. The first kappa shape index (κ1) is 12.3. The van der Waals surface area contributed by atoms with Crippen LogP contribution in [0.25, 0.3) is 5.69 Å². The molecule has 2 aromatic rings. The first-order valence-corrected chi connectivity index (χ1v) is 5.41. The van der Waals surface area contributed by atoms with Gasteiger partial charge in [-0.15, -0.1) is 5.10 Å². The van der Waals surface area contributed by atoms with Gasteiger partial charge in [0.2, 0.25) is 0 Å². The third-order valence-electron chi connectivity index (χ3n) is 2.47. The lowest BCUT2D eigenvalue weighted by Gasteiger charge is -2.10. The normalized spacial score (nSPS) is 10.5. The van der Waals surface area contributed by atoms with Gasteiger partial charge in [-0.2, -0.15) is 0 Å². The fraction of sp³-hybridized carbons (Fsp3) is 0.250. The van der Waals surface area contributed by atoms with Crippen molar-refractivity contribution in [2.75, 3.05) is 7.11 Å². The van der Waals surface area contributed by atoms with E-state index in [1.165, 1.54) is 10.9 Å². The van der Waals surface area contributed by atoms with Crippen LogP contribution in [-0.2, 0) is 22.6 Å². The number of hydrogen-bond donors (Lipinski definition) is 1. The van der Waals surface area contributed by atoms with Gasteiger partial charge in [-0.25, -0.2) is 4.68 Å². The Labute approximate surface area is 104 Å². The van der Waals surface area contributed by atoms with Crippen molar-refractivity contribution < 1.29 is 14.6 Å². The maximum Gasteiger partial charge on any atom is 0.309 e. The number of aromatic nitrogens is 3. The summed E-state index contributed by atoms with van der Waals surface area (Å²) in [6, 6.07) is 7.52. The second-order valence-electron chi connectivity index (χ2n) is 3.77. The molecule has 6 heteroatoms. The van der Waals surface area contributed by atoms with Gasteiger partial charge in [0.15, 0.2) is 0 Å². The molecule has 0 aliphatic heterocycles. The SMILES string of the molecule is COCc1ccccc1-n1nncc1CC(=O)O. The topological polar surface area (TPSA) is 77.2 Å². The molecule has 0 spiro atoms. The lowest BCUT2D eigenvalue weighted by molar-refractivity contribution is -0.136. The highest BCUT2D eigenvalue weighted by Crippen LogP contribution is 2.16. The van der Waals surface area contributed by atoms with E-state index in [1.54, 1.807) is 7.11 Å². The van der Waals surface area contributed by atoms with Crippen LogP contribution in [0.2, 0.25) is 0 Å². The molecule has 0 amide bonds. The Kier molecular flexibility index (Phi) is 3.69. The maximum absolute atomic E-state index is 10.8. The lowest BCUT2D eigenvalue weighted by atomic mass is 10.2. The summed E-state index contributed by atoms with van der Waals surface area (Å²) in [5.41, 5.74) is 2.25. The van der Waals surface area contributed by atoms with E-state index < -0.39 is 5.97 Å². The van der Waals surface area contributed by atoms with E-state index in [-0.39, 0.29) is 6.42 Å². The van der Waals surface area contributed by atoms with E-state index in [2.05, 4.69) is 10.3 Å². The average molecular weight is 247 g/mol. The van der Waals surface area contributed by atoms with Crippen molar-refractivity contribution in [2.24, 2.45) is 0 Å².